The van der Waals surface area contributed by atoms with E-state index >= 15 is 0 Å². The van der Waals surface area contributed by atoms with Crippen molar-refractivity contribution in [3.63, 3.8) is 0 Å². The van der Waals surface area contributed by atoms with Crippen LogP contribution in [0.25, 0.3) is 0 Å². The maximum absolute atomic E-state index is 11.5. The SMILES string of the molecule is CS(=O)(=O)C(Br)(Br)[C@@H](O)c1ccc(Cl)cc1Cl. The second-order valence-corrected chi connectivity index (χ2v) is 11.0. The largest absolute Gasteiger partial charge is 0.385 e. The first-order chi connectivity index (χ1) is 7.57. The van der Waals surface area contributed by atoms with Crippen LogP contribution in [0.15, 0.2) is 18.2 Å². The van der Waals surface area contributed by atoms with Crippen LogP contribution in [0.1, 0.15) is 11.7 Å². The lowest BCUT2D eigenvalue weighted by atomic mass is 10.1. The summed E-state index contributed by atoms with van der Waals surface area (Å²) >= 11 is 17.5. The quantitative estimate of drug-likeness (QED) is 0.752. The van der Waals surface area contributed by atoms with Crippen molar-refractivity contribution in [2.75, 3.05) is 6.26 Å². The van der Waals surface area contributed by atoms with E-state index in [-0.39, 0.29) is 10.6 Å². The van der Waals surface area contributed by atoms with Gasteiger partial charge in [-0.15, -0.1) is 0 Å². The molecule has 0 bridgehead atoms. The summed E-state index contributed by atoms with van der Waals surface area (Å²) in [6, 6.07) is 4.42. The number of hydrogen-bond donors (Lipinski definition) is 1. The summed E-state index contributed by atoms with van der Waals surface area (Å²) in [7, 11) is -3.58. The van der Waals surface area contributed by atoms with Gasteiger partial charge in [-0.25, -0.2) is 8.42 Å². The van der Waals surface area contributed by atoms with Crippen molar-refractivity contribution in [1.29, 1.82) is 0 Å². The first-order valence-corrected chi connectivity index (χ1v) is 8.51. The van der Waals surface area contributed by atoms with Crippen LogP contribution in [0.2, 0.25) is 10.0 Å². The van der Waals surface area contributed by atoms with Crippen molar-refractivity contribution in [3.05, 3.63) is 33.8 Å². The van der Waals surface area contributed by atoms with E-state index in [0.29, 0.717) is 5.02 Å². The molecule has 3 nitrogen and oxygen atoms in total. The van der Waals surface area contributed by atoms with E-state index in [0.717, 1.165) is 6.26 Å². The van der Waals surface area contributed by atoms with Crippen LogP contribution in [-0.4, -0.2) is 22.3 Å². The molecule has 17 heavy (non-hydrogen) atoms. The van der Waals surface area contributed by atoms with Crippen molar-refractivity contribution in [2.45, 2.75) is 8.67 Å². The standard InChI is InChI=1S/C9H8Br2Cl2O3S/c1-17(15,16)9(10,11)8(14)6-3-2-5(12)4-7(6)13/h2-4,8,14H,1H3/t8-/m0/s1. The zero-order chi connectivity index (χ0) is 13.4. The zero-order valence-corrected chi connectivity index (χ0v) is 14.0. The van der Waals surface area contributed by atoms with E-state index < -0.39 is 18.5 Å². The summed E-state index contributed by atoms with van der Waals surface area (Å²) in [6.45, 7) is 0. The van der Waals surface area contributed by atoms with Crippen molar-refractivity contribution < 1.29 is 13.5 Å². The Morgan fingerprint density at radius 1 is 1.35 bits per heavy atom. The summed E-state index contributed by atoms with van der Waals surface area (Å²) in [5, 5.41) is 10.6. The van der Waals surface area contributed by atoms with Crippen LogP contribution < -0.4 is 0 Å². The van der Waals surface area contributed by atoms with Gasteiger partial charge in [0.15, 0.2) is 9.84 Å². The molecule has 1 rings (SSSR count). The molecule has 8 heteroatoms. The first kappa shape index (κ1) is 15.7. The van der Waals surface area contributed by atoms with E-state index in [1.807, 2.05) is 0 Å². The molecule has 0 amide bonds. The third kappa shape index (κ3) is 3.36. The molecule has 0 aromatic heterocycles. The minimum Gasteiger partial charge on any atom is -0.385 e. The summed E-state index contributed by atoms with van der Waals surface area (Å²) in [6.07, 6.45) is -0.383. The maximum atomic E-state index is 11.5. The highest BCUT2D eigenvalue weighted by atomic mass is 79.9. The van der Waals surface area contributed by atoms with Gasteiger partial charge in [0.05, 0.1) is 0 Å². The molecule has 1 aromatic rings. The van der Waals surface area contributed by atoms with Crippen LogP contribution in [0.3, 0.4) is 0 Å². The Morgan fingerprint density at radius 2 is 1.88 bits per heavy atom. The predicted octanol–water partition coefficient (Wildman–Crippen LogP) is 3.52. The third-order valence-corrected chi connectivity index (χ3v) is 8.24. The van der Waals surface area contributed by atoms with Crippen LogP contribution in [0.4, 0.5) is 0 Å². The number of rotatable bonds is 3. The van der Waals surface area contributed by atoms with Crippen molar-refractivity contribution in [2.24, 2.45) is 0 Å². The van der Waals surface area contributed by atoms with Crippen LogP contribution in [0.5, 0.6) is 0 Å². The molecular weight excluding hydrogens is 419 g/mol. The molecule has 0 unspecified atom stereocenters. The van der Waals surface area contributed by atoms with Crippen molar-refractivity contribution in [3.8, 4) is 0 Å². The molecule has 0 radical (unpaired) electrons. The average Bonchev–Trinajstić information content (AvgIpc) is 2.14. The smallest absolute Gasteiger partial charge is 0.210 e. The normalized spacial score (nSPS) is 14.7. The summed E-state index contributed by atoms with van der Waals surface area (Å²) < 4.78 is 21.4. The van der Waals surface area contributed by atoms with E-state index in [1.54, 1.807) is 0 Å². The second kappa shape index (κ2) is 5.35. The molecule has 0 aliphatic carbocycles. The van der Waals surface area contributed by atoms with Gasteiger partial charge in [0.1, 0.15) is 6.10 Å². The molecule has 0 saturated heterocycles. The average molecular weight is 427 g/mol. The van der Waals surface area contributed by atoms with Gasteiger partial charge >= 0.3 is 0 Å². The lowest BCUT2D eigenvalue weighted by molar-refractivity contribution is 0.189. The highest BCUT2D eigenvalue weighted by Gasteiger charge is 2.44. The molecule has 0 saturated carbocycles. The van der Waals surface area contributed by atoms with Crippen LogP contribution in [0, 0.1) is 0 Å². The Labute approximate surface area is 126 Å². The summed E-state index contributed by atoms with van der Waals surface area (Å²) in [5.74, 6) is 0. The number of aliphatic hydroxyl groups is 1. The van der Waals surface area contributed by atoms with E-state index in [4.69, 9.17) is 23.2 Å². The van der Waals surface area contributed by atoms with Crippen LogP contribution >= 0.6 is 55.1 Å². The van der Waals surface area contributed by atoms with Gasteiger partial charge in [-0.05, 0) is 12.1 Å². The number of benzene rings is 1. The molecule has 0 heterocycles. The summed E-state index contributed by atoms with van der Waals surface area (Å²) in [5.41, 5.74) is 0.259. The monoisotopic (exact) mass is 424 g/mol. The zero-order valence-electron chi connectivity index (χ0n) is 8.49. The Bertz CT molecular complexity index is 531. The topological polar surface area (TPSA) is 54.4 Å². The third-order valence-electron chi connectivity index (χ3n) is 2.07. The van der Waals surface area contributed by atoms with Crippen molar-refractivity contribution in [1.82, 2.24) is 0 Å². The number of alkyl halides is 2. The molecule has 0 aliphatic rings. The molecular formula is C9H8Br2Cl2O3S. The van der Waals surface area contributed by atoms with Gasteiger partial charge in [0.25, 0.3) is 0 Å². The van der Waals surface area contributed by atoms with Gasteiger partial charge in [-0.3, -0.25) is 0 Å². The Balaban J connectivity index is 3.26. The highest BCUT2D eigenvalue weighted by Crippen LogP contribution is 2.45. The fraction of sp³-hybridized carbons (Fsp3) is 0.333. The minimum absolute atomic E-state index is 0.192. The van der Waals surface area contributed by atoms with E-state index in [1.165, 1.54) is 18.2 Å². The molecule has 0 fully saturated rings. The van der Waals surface area contributed by atoms with Gasteiger partial charge in [0, 0.05) is 21.9 Å². The maximum Gasteiger partial charge on any atom is 0.210 e. The van der Waals surface area contributed by atoms with Gasteiger partial charge in [-0.1, -0.05) is 61.1 Å². The Kier molecular flexibility index (Phi) is 4.95. The molecule has 1 N–H and O–H groups in total. The molecule has 1 aromatic carbocycles. The fourth-order valence-corrected chi connectivity index (χ4v) is 2.64. The number of hydrogen-bond acceptors (Lipinski definition) is 3. The predicted molar refractivity (Wildman–Crippen MR) is 76.9 cm³/mol. The summed E-state index contributed by atoms with van der Waals surface area (Å²) in [4.78, 5) is 0. The lowest BCUT2D eigenvalue weighted by Gasteiger charge is -2.25. The van der Waals surface area contributed by atoms with Crippen molar-refractivity contribution >= 4 is 64.9 Å². The number of sulfone groups is 1. The molecule has 96 valence electrons. The van der Waals surface area contributed by atoms with Crippen LogP contribution in [-0.2, 0) is 9.84 Å². The molecule has 0 aliphatic heterocycles. The lowest BCUT2D eigenvalue weighted by Crippen LogP contribution is -2.31. The molecule has 1 atom stereocenters. The Morgan fingerprint density at radius 3 is 2.29 bits per heavy atom. The van der Waals surface area contributed by atoms with E-state index in [9.17, 15) is 13.5 Å². The van der Waals surface area contributed by atoms with Gasteiger partial charge < -0.3 is 5.11 Å². The van der Waals surface area contributed by atoms with Gasteiger partial charge in [0.2, 0.25) is 2.57 Å². The fourth-order valence-electron chi connectivity index (χ4n) is 1.11. The highest BCUT2D eigenvalue weighted by molar-refractivity contribution is 9.27. The minimum atomic E-state index is -3.58. The second-order valence-electron chi connectivity index (χ2n) is 3.40. The number of aliphatic hydroxyl groups excluding tert-OH is 1. The number of halogens is 4. The van der Waals surface area contributed by atoms with Gasteiger partial charge in [-0.2, -0.15) is 0 Å². The molecule has 0 spiro atoms. The Hall–Kier alpha value is 0.670. The van der Waals surface area contributed by atoms with E-state index in [2.05, 4.69) is 31.9 Å². The first-order valence-electron chi connectivity index (χ1n) is 4.28.